The van der Waals surface area contributed by atoms with Crippen LogP contribution in [0.2, 0.25) is 0 Å². The van der Waals surface area contributed by atoms with E-state index in [0.717, 1.165) is 27.2 Å². The van der Waals surface area contributed by atoms with Crippen molar-refractivity contribution in [2.24, 2.45) is 4.99 Å². The SMILES string of the molecule is CCN=C1SC(=Cc2cn(Cc3ccccc3C#N)c3ccccc23)C(=O)N1CC. The Morgan fingerprint density at radius 2 is 1.90 bits per heavy atom. The molecule has 0 saturated carbocycles. The van der Waals surface area contributed by atoms with E-state index in [9.17, 15) is 10.1 Å². The minimum absolute atomic E-state index is 0.00126. The molecule has 1 saturated heterocycles. The number of aliphatic imine (C=N–C) groups is 1. The molecule has 0 N–H and O–H groups in total. The molecular formula is C24H22N4OS. The van der Waals surface area contributed by atoms with Crippen molar-refractivity contribution < 1.29 is 4.79 Å². The summed E-state index contributed by atoms with van der Waals surface area (Å²) < 4.78 is 2.14. The molecule has 1 aliphatic rings. The third-order valence-corrected chi connectivity index (χ3v) is 6.13. The molecule has 1 aromatic heterocycles. The number of carbonyl (C=O) groups is 1. The van der Waals surface area contributed by atoms with Gasteiger partial charge in [0.05, 0.1) is 16.5 Å². The number of hydrogen-bond donors (Lipinski definition) is 0. The number of rotatable bonds is 5. The van der Waals surface area contributed by atoms with Crippen molar-refractivity contribution in [3.05, 3.63) is 76.3 Å². The molecular weight excluding hydrogens is 392 g/mol. The van der Waals surface area contributed by atoms with E-state index in [2.05, 4.69) is 34.0 Å². The van der Waals surface area contributed by atoms with Crippen LogP contribution in [0.1, 0.15) is 30.5 Å². The van der Waals surface area contributed by atoms with Gasteiger partial charge >= 0.3 is 0 Å². The Bertz CT molecular complexity index is 1220. The summed E-state index contributed by atoms with van der Waals surface area (Å²) in [6.45, 7) is 5.79. The van der Waals surface area contributed by atoms with Crippen LogP contribution in [-0.4, -0.2) is 33.6 Å². The Kier molecular flexibility index (Phi) is 5.73. The summed E-state index contributed by atoms with van der Waals surface area (Å²) in [6.07, 6.45) is 4.02. The Morgan fingerprint density at radius 3 is 2.67 bits per heavy atom. The minimum Gasteiger partial charge on any atom is -0.342 e. The van der Waals surface area contributed by atoms with Crippen molar-refractivity contribution in [3.8, 4) is 6.07 Å². The monoisotopic (exact) mass is 414 g/mol. The number of aromatic nitrogens is 1. The number of benzene rings is 2. The maximum Gasteiger partial charge on any atom is 0.266 e. The number of thioether (sulfide) groups is 1. The van der Waals surface area contributed by atoms with E-state index in [1.165, 1.54) is 11.8 Å². The lowest BCUT2D eigenvalue weighted by atomic mass is 10.1. The quantitative estimate of drug-likeness (QED) is 0.560. The van der Waals surface area contributed by atoms with Gasteiger partial charge in [-0.25, -0.2) is 0 Å². The summed E-state index contributed by atoms with van der Waals surface area (Å²) in [5.41, 5.74) is 3.71. The zero-order valence-corrected chi connectivity index (χ0v) is 17.8. The summed E-state index contributed by atoms with van der Waals surface area (Å²) in [7, 11) is 0. The number of carbonyl (C=O) groups excluding carboxylic acids is 1. The molecule has 1 aliphatic heterocycles. The second kappa shape index (κ2) is 8.60. The number of amidine groups is 1. The molecule has 2 aromatic carbocycles. The van der Waals surface area contributed by atoms with Gasteiger partial charge in [0.15, 0.2) is 5.17 Å². The molecule has 1 fully saturated rings. The lowest BCUT2D eigenvalue weighted by Crippen LogP contribution is -2.28. The van der Waals surface area contributed by atoms with Gasteiger partial charge in [0.2, 0.25) is 0 Å². The fraction of sp³-hybridized carbons (Fsp3) is 0.208. The van der Waals surface area contributed by atoms with Crippen molar-refractivity contribution in [2.75, 3.05) is 13.1 Å². The highest BCUT2D eigenvalue weighted by Crippen LogP contribution is 2.34. The molecule has 30 heavy (non-hydrogen) atoms. The van der Waals surface area contributed by atoms with E-state index >= 15 is 0 Å². The third-order valence-electron chi connectivity index (χ3n) is 5.08. The number of nitrogens with zero attached hydrogens (tertiary/aromatic N) is 4. The highest BCUT2D eigenvalue weighted by Gasteiger charge is 2.32. The van der Waals surface area contributed by atoms with Crippen LogP contribution in [0.15, 0.2) is 64.6 Å². The first kappa shape index (κ1) is 20.0. The second-order valence-corrected chi connectivity index (χ2v) is 7.92. The predicted molar refractivity (Wildman–Crippen MR) is 123 cm³/mol. The lowest BCUT2D eigenvalue weighted by Gasteiger charge is -2.11. The average molecular weight is 415 g/mol. The van der Waals surface area contributed by atoms with Gasteiger partial charge in [0, 0.05) is 42.3 Å². The summed E-state index contributed by atoms with van der Waals surface area (Å²) in [4.78, 5) is 19.7. The maximum absolute atomic E-state index is 12.9. The molecule has 0 spiro atoms. The molecule has 150 valence electrons. The van der Waals surface area contributed by atoms with Gasteiger partial charge in [0.25, 0.3) is 5.91 Å². The van der Waals surface area contributed by atoms with Gasteiger partial charge in [-0.3, -0.25) is 14.7 Å². The number of para-hydroxylation sites is 1. The summed E-state index contributed by atoms with van der Waals surface area (Å²) >= 11 is 1.43. The topological polar surface area (TPSA) is 61.4 Å². The van der Waals surface area contributed by atoms with Crippen LogP contribution in [0.3, 0.4) is 0 Å². The Labute approximate surface area is 180 Å². The molecule has 4 rings (SSSR count). The van der Waals surface area contributed by atoms with Crippen LogP contribution in [0, 0.1) is 11.3 Å². The molecule has 5 nitrogen and oxygen atoms in total. The van der Waals surface area contributed by atoms with Gasteiger partial charge in [-0.05, 0) is 49.4 Å². The van der Waals surface area contributed by atoms with E-state index in [-0.39, 0.29) is 5.91 Å². The summed E-state index contributed by atoms with van der Waals surface area (Å²) in [5.74, 6) is 0.00126. The van der Waals surface area contributed by atoms with Gasteiger partial charge in [0.1, 0.15) is 0 Å². The standard InChI is InChI=1S/C24H22N4OS/c1-3-26-24-28(4-2)23(29)22(30-24)13-19-16-27(21-12-8-7-11-20(19)21)15-18-10-6-5-9-17(18)14-25/h5-13,16H,3-4,15H2,1-2H3. The van der Waals surface area contributed by atoms with Gasteiger partial charge in [-0.1, -0.05) is 36.4 Å². The zero-order valence-electron chi connectivity index (χ0n) is 17.0. The lowest BCUT2D eigenvalue weighted by molar-refractivity contribution is -0.122. The van der Waals surface area contributed by atoms with Crippen LogP contribution in [0.4, 0.5) is 0 Å². The highest BCUT2D eigenvalue weighted by atomic mass is 32.2. The first-order valence-electron chi connectivity index (χ1n) is 9.98. The molecule has 6 heteroatoms. The largest absolute Gasteiger partial charge is 0.342 e. The van der Waals surface area contributed by atoms with Crippen molar-refractivity contribution >= 4 is 39.8 Å². The van der Waals surface area contributed by atoms with Crippen molar-refractivity contribution in [1.29, 1.82) is 5.26 Å². The zero-order chi connectivity index (χ0) is 21.1. The molecule has 0 atom stereocenters. The molecule has 3 aromatic rings. The number of fused-ring (bicyclic) bond motifs is 1. The normalized spacial score (nSPS) is 16.7. The maximum atomic E-state index is 12.9. The number of nitriles is 1. The third kappa shape index (κ3) is 3.64. The average Bonchev–Trinajstić information content (AvgIpc) is 3.26. The molecule has 0 radical (unpaired) electrons. The highest BCUT2D eigenvalue weighted by molar-refractivity contribution is 8.18. The van der Waals surface area contributed by atoms with Crippen LogP contribution in [0.5, 0.6) is 0 Å². The number of hydrogen-bond acceptors (Lipinski definition) is 4. The van der Waals surface area contributed by atoms with Crippen LogP contribution < -0.4 is 0 Å². The van der Waals surface area contributed by atoms with Crippen molar-refractivity contribution in [2.45, 2.75) is 20.4 Å². The van der Waals surface area contributed by atoms with Crippen molar-refractivity contribution in [1.82, 2.24) is 9.47 Å². The van der Waals surface area contributed by atoms with Crippen molar-refractivity contribution in [3.63, 3.8) is 0 Å². The summed E-state index contributed by atoms with van der Waals surface area (Å²) in [6, 6.07) is 18.1. The Morgan fingerprint density at radius 1 is 1.13 bits per heavy atom. The Balaban J connectivity index is 1.76. The van der Waals surface area contributed by atoms with Crippen LogP contribution >= 0.6 is 11.8 Å². The Hall–Kier alpha value is -3.30. The molecule has 0 bridgehead atoms. The molecule has 2 heterocycles. The number of likely N-dealkylation sites (N-methyl/N-ethyl adjacent to an activating group) is 1. The van der Waals surface area contributed by atoms with E-state index < -0.39 is 0 Å². The fourth-order valence-corrected chi connectivity index (χ4v) is 4.75. The molecule has 0 aliphatic carbocycles. The first-order valence-corrected chi connectivity index (χ1v) is 10.8. The van der Waals surface area contributed by atoms with E-state index in [1.807, 2.05) is 56.3 Å². The number of amides is 1. The van der Waals surface area contributed by atoms with E-state index in [1.54, 1.807) is 4.90 Å². The summed E-state index contributed by atoms with van der Waals surface area (Å²) in [5, 5.41) is 11.3. The molecule has 1 amide bonds. The first-order chi connectivity index (χ1) is 14.7. The predicted octanol–water partition coefficient (Wildman–Crippen LogP) is 4.87. The van der Waals surface area contributed by atoms with E-state index in [4.69, 9.17) is 0 Å². The van der Waals surface area contributed by atoms with Gasteiger partial charge < -0.3 is 4.57 Å². The minimum atomic E-state index is 0.00126. The smallest absolute Gasteiger partial charge is 0.266 e. The van der Waals surface area contributed by atoms with E-state index in [0.29, 0.717) is 30.1 Å². The van der Waals surface area contributed by atoms with Gasteiger partial charge in [-0.2, -0.15) is 5.26 Å². The van der Waals surface area contributed by atoms with Gasteiger partial charge in [-0.15, -0.1) is 0 Å². The second-order valence-electron chi connectivity index (χ2n) is 6.92. The van der Waals surface area contributed by atoms with Crippen LogP contribution in [-0.2, 0) is 11.3 Å². The molecule has 0 unspecified atom stereocenters. The van der Waals surface area contributed by atoms with Crippen LogP contribution in [0.25, 0.3) is 17.0 Å². The fourth-order valence-electron chi connectivity index (χ4n) is 3.65.